The summed E-state index contributed by atoms with van der Waals surface area (Å²) in [7, 11) is 0. The molecule has 0 saturated heterocycles. The first kappa shape index (κ1) is 34.7. The topological polar surface area (TPSA) is 44.4 Å². The zero-order chi connectivity index (χ0) is 40.2. The molecule has 3 aromatic heterocycles. The van der Waals surface area contributed by atoms with Crippen LogP contribution in [0.1, 0.15) is 0 Å². The Kier molecular flexibility index (Phi) is 8.15. The maximum atomic E-state index is 7.78. The Hall–Kier alpha value is -8.58. The molecule has 0 bridgehead atoms. The highest BCUT2D eigenvalue weighted by molar-refractivity contribution is 6.12. The normalized spacial score (nSPS) is 11.3. The van der Waals surface area contributed by atoms with Crippen LogP contribution in [-0.4, -0.2) is 19.1 Å². The van der Waals surface area contributed by atoms with E-state index < -0.39 is 0 Å². The van der Waals surface area contributed by atoms with Gasteiger partial charge in [-0.25, -0.2) is 19.7 Å². The molecule has 0 aliphatic carbocycles. The number of nitrogens with zero attached hydrogens (tertiary/aromatic N) is 6. The zero-order valence-electron chi connectivity index (χ0n) is 32.2. The first-order valence-electron chi connectivity index (χ1n) is 19.7. The second-order valence-electron chi connectivity index (χ2n) is 14.8. The van der Waals surface area contributed by atoms with Gasteiger partial charge in [0.25, 0.3) is 0 Å². The van der Waals surface area contributed by atoms with Gasteiger partial charge in [0, 0.05) is 49.6 Å². The molecule has 0 aliphatic heterocycles. The van der Waals surface area contributed by atoms with Crippen LogP contribution in [0.4, 0.5) is 11.4 Å². The standard InChI is InChI=1S/C54H32N6/c1-55-46-18-8-3-16-43(46)49-34-48(57-54(58-49)44-17-4-9-19-47(44)56-2)37-25-23-35(24-26-37)36-27-29-38(30-28-36)59-52-22-12-7-15-42(52)45-33-39(31-32-53(45)59)60-50-20-10-5-13-40(50)41-14-6-11-21-51(41)60/h3-34H. The minimum absolute atomic E-state index is 0.446. The van der Waals surface area contributed by atoms with E-state index >= 15 is 0 Å². The van der Waals surface area contributed by atoms with Crippen LogP contribution in [0, 0.1) is 13.1 Å². The largest absolute Gasteiger partial charge is 0.309 e. The molecule has 0 atom stereocenters. The number of rotatable bonds is 6. The van der Waals surface area contributed by atoms with E-state index in [0.29, 0.717) is 34.2 Å². The molecule has 3 heterocycles. The van der Waals surface area contributed by atoms with Crippen LogP contribution in [0.5, 0.6) is 0 Å². The summed E-state index contributed by atoms with van der Waals surface area (Å²) in [4.78, 5) is 17.3. The highest BCUT2D eigenvalue weighted by atomic mass is 15.0. The molecule has 278 valence electrons. The summed E-state index contributed by atoms with van der Waals surface area (Å²) in [6.07, 6.45) is 0. The lowest BCUT2D eigenvalue weighted by Crippen LogP contribution is -1.96. The lowest BCUT2D eigenvalue weighted by molar-refractivity contribution is 1.17. The maximum Gasteiger partial charge on any atom is 0.198 e. The van der Waals surface area contributed by atoms with Crippen molar-refractivity contribution in [1.82, 2.24) is 19.1 Å². The molecular formula is C54H32N6. The SMILES string of the molecule is [C-]#[N+]c1ccccc1-c1cc(-c2ccc(-c3ccc(-n4c5ccccc5c5cc(-n6c7ccccc7c7ccccc76)ccc54)cc3)cc2)nc(-c2ccccc2[N+]#[C-])n1. The Morgan fingerprint density at radius 1 is 0.350 bits per heavy atom. The Morgan fingerprint density at radius 2 is 0.783 bits per heavy atom. The monoisotopic (exact) mass is 764 g/mol. The Bertz CT molecular complexity index is 3430. The highest BCUT2D eigenvalue weighted by Crippen LogP contribution is 2.39. The minimum Gasteiger partial charge on any atom is -0.309 e. The van der Waals surface area contributed by atoms with Crippen LogP contribution < -0.4 is 0 Å². The fourth-order valence-corrected chi connectivity index (χ4v) is 8.62. The molecule has 8 aromatic carbocycles. The number of aromatic nitrogens is 4. The van der Waals surface area contributed by atoms with E-state index in [1.807, 2.05) is 42.5 Å². The van der Waals surface area contributed by atoms with Crippen LogP contribution in [-0.2, 0) is 0 Å². The third-order valence-electron chi connectivity index (χ3n) is 11.4. The second-order valence-corrected chi connectivity index (χ2v) is 14.8. The summed E-state index contributed by atoms with van der Waals surface area (Å²) >= 11 is 0. The van der Waals surface area contributed by atoms with Crippen molar-refractivity contribution in [3.8, 4) is 56.4 Å². The lowest BCUT2D eigenvalue weighted by atomic mass is 10.0. The van der Waals surface area contributed by atoms with E-state index in [1.54, 1.807) is 12.1 Å². The molecule has 6 nitrogen and oxygen atoms in total. The van der Waals surface area contributed by atoms with Gasteiger partial charge in [-0.15, -0.1) is 0 Å². The van der Waals surface area contributed by atoms with E-state index in [4.69, 9.17) is 23.1 Å². The molecule has 11 rings (SSSR count). The van der Waals surface area contributed by atoms with E-state index in [1.165, 1.54) is 32.6 Å². The third-order valence-corrected chi connectivity index (χ3v) is 11.4. The summed E-state index contributed by atoms with van der Waals surface area (Å²) in [5, 5.41) is 4.92. The van der Waals surface area contributed by atoms with Crippen molar-refractivity contribution < 1.29 is 0 Å². The van der Waals surface area contributed by atoms with E-state index in [0.717, 1.165) is 44.7 Å². The quantitative estimate of drug-likeness (QED) is 0.158. The fraction of sp³-hybridized carbons (Fsp3) is 0. The Morgan fingerprint density at radius 3 is 1.40 bits per heavy atom. The van der Waals surface area contributed by atoms with Gasteiger partial charge in [0.2, 0.25) is 0 Å². The molecular weight excluding hydrogens is 733 g/mol. The number of para-hydroxylation sites is 5. The molecule has 0 saturated carbocycles. The Labute approximate surface area is 346 Å². The second kappa shape index (κ2) is 14.1. The van der Waals surface area contributed by atoms with E-state index in [2.05, 4.69) is 158 Å². The van der Waals surface area contributed by atoms with Crippen LogP contribution >= 0.6 is 0 Å². The van der Waals surface area contributed by atoms with Crippen LogP contribution in [0.3, 0.4) is 0 Å². The lowest BCUT2D eigenvalue weighted by Gasteiger charge is -2.12. The van der Waals surface area contributed by atoms with Crippen molar-refractivity contribution >= 4 is 55.0 Å². The van der Waals surface area contributed by atoms with Crippen molar-refractivity contribution in [1.29, 1.82) is 0 Å². The number of fused-ring (bicyclic) bond motifs is 6. The summed E-state index contributed by atoms with van der Waals surface area (Å²) in [5.41, 5.74) is 13.7. The number of hydrogen-bond acceptors (Lipinski definition) is 2. The van der Waals surface area contributed by atoms with Gasteiger partial charge in [-0.05, 0) is 65.7 Å². The molecule has 0 radical (unpaired) electrons. The van der Waals surface area contributed by atoms with Gasteiger partial charge in [0.15, 0.2) is 11.4 Å². The molecule has 60 heavy (non-hydrogen) atoms. The molecule has 0 amide bonds. The summed E-state index contributed by atoms with van der Waals surface area (Å²) in [6.45, 7) is 15.5. The van der Waals surface area contributed by atoms with Crippen LogP contribution in [0.15, 0.2) is 194 Å². The van der Waals surface area contributed by atoms with Gasteiger partial charge in [0.05, 0.1) is 46.6 Å². The van der Waals surface area contributed by atoms with E-state index in [9.17, 15) is 0 Å². The van der Waals surface area contributed by atoms with Crippen LogP contribution in [0.2, 0.25) is 0 Å². The molecule has 0 unspecified atom stereocenters. The molecule has 11 aromatic rings. The molecule has 0 aliphatic rings. The van der Waals surface area contributed by atoms with Crippen molar-refractivity contribution in [2.75, 3.05) is 0 Å². The average molecular weight is 765 g/mol. The first-order valence-corrected chi connectivity index (χ1v) is 19.7. The predicted molar refractivity (Wildman–Crippen MR) is 245 cm³/mol. The van der Waals surface area contributed by atoms with Gasteiger partial charge in [-0.3, -0.25) is 0 Å². The number of benzene rings is 8. The molecule has 0 fully saturated rings. The van der Waals surface area contributed by atoms with Gasteiger partial charge >= 0.3 is 0 Å². The summed E-state index contributed by atoms with van der Waals surface area (Å²) < 4.78 is 4.73. The maximum absolute atomic E-state index is 7.78. The molecule has 0 N–H and O–H groups in total. The van der Waals surface area contributed by atoms with Gasteiger partial charge in [-0.2, -0.15) is 0 Å². The van der Waals surface area contributed by atoms with Gasteiger partial charge in [0.1, 0.15) is 5.82 Å². The number of hydrogen-bond donors (Lipinski definition) is 0. The summed E-state index contributed by atoms with van der Waals surface area (Å²) in [5.74, 6) is 0.446. The smallest absolute Gasteiger partial charge is 0.198 e. The average Bonchev–Trinajstić information content (AvgIpc) is 3.84. The minimum atomic E-state index is 0.446. The van der Waals surface area contributed by atoms with Crippen molar-refractivity contribution in [2.45, 2.75) is 0 Å². The Balaban J connectivity index is 0.959. The van der Waals surface area contributed by atoms with Crippen molar-refractivity contribution in [3.05, 3.63) is 217 Å². The predicted octanol–water partition coefficient (Wildman–Crippen LogP) is 14.4. The fourth-order valence-electron chi connectivity index (χ4n) is 8.62. The van der Waals surface area contributed by atoms with Gasteiger partial charge in [-0.1, -0.05) is 140 Å². The molecule has 6 heteroatoms. The first-order chi connectivity index (χ1) is 29.7. The van der Waals surface area contributed by atoms with Crippen molar-refractivity contribution in [2.24, 2.45) is 0 Å². The van der Waals surface area contributed by atoms with Crippen LogP contribution in [0.25, 0.3) is 110 Å². The summed E-state index contributed by atoms with van der Waals surface area (Å²) in [6, 6.07) is 66.6. The molecule has 0 spiro atoms. The van der Waals surface area contributed by atoms with E-state index in [-0.39, 0.29) is 0 Å². The zero-order valence-corrected chi connectivity index (χ0v) is 32.2. The third kappa shape index (κ3) is 5.63. The van der Waals surface area contributed by atoms with Gasteiger partial charge < -0.3 is 9.13 Å². The van der Waals surface area contributed by atoms with Crippen molar-refractivity contribution in [3.63, 3.8) is 0 Å². The highest BCUT2D eigenvalue weighted by Gasteiger charge is 2.18.